The van der Waals surface area contributed by atoms with Crippen molar-refractivity contribution in [2.75, 3.05) is 10.6 Å². The molecule has 0 aliphatic carbocycles. The van der Waals surface area contributed by atoms with E-state index in [1.54, 1.807) is 30.3 Å². The molecule has 0 radical (unpaired) electrons. The van der Waals surface area contributed by atoms with Crippen LogP contribution in [0.25, 0.3) is 0 Å². The lowest BCUT2D eigenvalue weighted by atomic mass is 10.3. The van der Waals surface area contributed by atoms with Gasteiger partial charge in [0, 0.05) is 11.4 Å². The Morgan fingerprint density at radius 3 is 2.23 bits per heavy atom. The molecular weight excluding hydrogens is 365 g/mol. The van der Waals surface area contributed by atoms with Crippen LogP contribution in [-0.2, 0) is 10.0 Å². The van der Waals surface area contributed by atoms with Crippen molar-refractivity contribution in [2.24, 2.45) is 5.14 Å². The molecular formula is C13H11Cl2N3O2S2. The van der Waals surface area contributed by atoms with Crippen molar-refractivity contribution in [2.45, 2.75) is 4.90 Å². The summed E-state index contributed by atoms with van der Waals surface area (Å²) in [5.74, 6) is 0. The van der Waals surface area contributed by atoms with Crippen molar-refractivity contribution < 1.29 is 8.42 Å². The third-order valence-electron chi connectivity index (χ3n) is 2.60. The van der Waals surface area contributed by atoms with Crippen LogP contribution in [0.15, 0.2) is 47.4 Å². The highest BCUT2D eigenvalue weighted by Crippen LogP contribution is 2.25. The summed E-state index contributed by atoms with van der Waals surface area (Å²) in [5, 5.41) is 12.0. The Labute approximate surface area is 143 Å². The normalized spacial score (nSPS) is 11.0. The fraction of sp³-hybridized carbons (Fsp3) is 0. The first-order valence-electron chi connectivity index (χ1n) is 5.91. The van der Waals surface area contributed by atoms with Crippen LogP contribution in [0.1, 0.15) is 0 Å². The minimum absolute atomic E-state index is 0.00478. The van der Waals surface area contributed by atoms with E-state index in [2.05, 4.69) is 10.6 Å². The van der Waals surface area contributed by atoms with E-state index < -0.39 is 10.0 Å². The van der Waals surface area contributed by atoms with Gasteiger partial charge < -0.3 is 10.6 Å². The van der Waals surface area contributed by atoms with E-state index in [1.807, 2.05) is 0 Å². The van der Waals surface area contributed by atoms with Gasteiger partial charge in [-0.25, -0.2) is 13.6 Å². The molecule has 0 saturated heterocycles. The Hall–Kier alpha value is -1.38. The van der Waals surface area contributed by atoms with E-state index in [0.717, 1.165) is 0 Å². The van der Waals surface area contributed by atoms with Crippen LogP contribution in [0.4, 0.5) is 11.4 Å². The fourth-order valence-electron chi connectivity index (χ4n) is 1.62. The second kappa shape index (κ2) is 6.80. The molecule has 2 aromatic carbocycles. The number of rotatable bonds is 3. The van der Waals surface area contributed by atoms with Gasteiger partial charge in [-0.2, -0.15) is 0 Å². The molecule has 0 fully saturated rings. The molecule has 0 atom stereocenters. The first-order valence-corrected chi connectivity index (χ1v) is 8.63. The number of thiocarbonyl (C=S) groups is 1. The second-order valence-corrected chi connectivity index (χ2v) is 7.06. The number of sulfonamides is 1. The molecule has 0 spiro atoms. The number of nitrogens with one attached hydrogen (secondary N) is 2. The van der Waals surface area contributed by atoms with Gasteiger partial charge in [-0.3, -0.25) is 0 Å². The molecule has 4 N–H and O–H groups in total. The van der Waals surface area contributed by atoms with E-state index in [1.165, 1.54) is 12.1 Å². The van der Waals surface area contributed by atoms with Crippen molar-refractivity contribution in [1.82, 2.24) is 0 Å². The van der Waals surface area contributed by atoms with Gasteiger partial charge in [0.1, 0.15) is 0 Å². The van der Waals surface area contributed by atoms with Gasteiger partial charge in [0.15, 0.2) is 5.11 Å². The summed E-state index contributed by atoms with van der Waals surface area (Å²) in [4.78, 5) is -0.00478. The number of benzene rings is 2. The van der Waals surface area contributed by atoms with Crippen molar-refractivity contribution in [3.05, 3.63) is 52.5 Å². The monoisotopic (exact) mass is 375 g/mol. The van der Waals surface area contributed by atoms with Crippen molar-refractivity contribution in [3.8, 4) is 0 Å². The first kappa shape index (κ1) is 17.0. The van der Waals surface area contributed by atoms with Gasteiger partial charge in [0.05, 0.1) is 14.9 Å². The van der Waals surface area contributed by atoms with E-state index in [-0.39, 0.29) is 10.0 Å². The third kappa shape index (κ3) is 4.56. The lowest BCUT2D eigenvalue weighted by molar-refractivity contribution is 0.598. The maximum absolute atomic E-state index is 11.3. The zero-order chi connectivity index (χ0) is 16.3. The number of hydrogen-bond donors (Lipinski definition) is 3. The number of primary sulfonamides is 1. The Morgan fingerprint density at radius 2 is 1.64 bits per heavy atom. The standard InChI is InChI=1S/C13H11Cl2N3O2S2/c14-11-5-4-9(7-12(11)15)18-13(21)17-8-2-1-3-10(6-8)22(16,19)20/h1-7H,(H2,16,19,20)(H2,17,18,21). The maximum Gasteiger partial charge on any atom is 0.238 e. The Kier molecular flexibility index (Phi) is 5.25. The lowest BCUT2D eigenvalue weighted by Crippen LogP contribution is -2.19. The third-order valence-corrected chi connectivity index (χ3v) is 4.45. The summed E-state index contributed by atoms with van der Waals surface area (Å²) in [6.45, 7) is 0. The quantitative estimate of drug-likeness (QED) is 0.715. The highest BCUT2D eigenvalue weighted by atomic mass is 35.5. The average Bonchev–Trinajstić information content (AvgIpc) is 2.42. The molecule has 5 nitrogen and oxygen atoms in total. The minimum Gasteiger partial charge on any atom is -0.332 e. The van der Waals surface area contributed by atoms with E-state index >= 15 is 0 Å². The Balaban J connectivity index is 2.10. The molecule has 0 unspecified atom stereocenters. The first-order chi connectivity index (χ1) is 10.3. The smallest absolute Gasteiger partial charge is 0.238 e. The van der Waals surface area contributed by atoms with Crippen molar-refractivity contribution in [1.29, 1.82) is 0 Å². The summed E-state index contributed by atoms with van der Waals surface area (Å²) < 4.78 is 22.6. The molecule has 0 aromatic heterocycles. The van der Waals surface area contributed by atoms with Gasteiger partial charge in [-0.1, -0.05) is 29.3 Å². The summed E-state index contributed by atoms with van der Waals surface area (Å²) in [5.41, 5.74) is 1.14. The molecule has 0 saturated carbocycles. The van der Waals surface area contributed by atoms with Crippen LogP contribution < -0.4 is 15.8 Å². The predicted molar refractivity (Wildman–Crippen MR) is 94.1 cm³/mol. The summed E-state index contributed by atoms with van der Waals surface area (Å²) in [6, 6.07) is 11.0. The van der Waals surface area contributed by atoms with Gasteiger partial charge >= 0.3 is 0 Å². The highest BCUT2D eigenvalue weighted by Gasteiger charge is 2.08. The summed E-state index contributed by atoms with van der Waals surface area (Å²) >= 11 is 16.9. The SMILES string of the molecule is NS(=O)(=O)c1cccc(NC(=S)Nc2ccc(Cl)c(Cl)c2)c1. The number of anilines is 2. The van der Waals surface area contributed by atoms with Crippen molar-refractivity contribution >= 4 is 61.9 Å². The molecule has 0 amide bonds. The van der Waals surface area contributed by atoms with Crippen LogP contribution in [0.2, 0.25) is 10.0 Å². The minimum atomic E-state index is -3.77. The Bertz CT molecular complexity index is 826. The predicted octanol–water partition coefficient (Wildman–Crippen LogP) is 3.45. The van der Waals surface area contributed by atoms with Crippen LogP contribution in [0, 0.1) is 0 Å². The lowest BCUT2D eigenvalue weighted by Gasteiger charge is -2.11. The molecule has 116 valence electrons. The second-order valence-electron chi connectivity index (χ2n) is 4.28. The average molecular weight is 376 g/mol. The van der Waals surface area contributed by atoms with Crippen LogP contribution in [0.5, 0.6) is 0 Å². The van der Waals surface area contributed by atoms with Gasteiger partial charge in [-0.05, 0) is 48.6 Å². The summed E-state index contributed by atoms with van der Waals surface area (Å²) in [7, 11) is -3.77. The molecule has 0 aliphatic heterocycles. The number of hydrogen-bond acceptors (Lipinski definition) is 3. The molecule has 0 aliphatic rings. The number of halogens is 2. The van der Waals surface area contributed by atoms with Crippen LogP contribution in [0.3, 0.4) is 0 Å². The molecule has 2 aromatic rings. The highest BCUT2D eigenvalue weighted by molar-refractivity contribution is 7.89. The molecule has 0 heterocycles. The number of nitrogens with two attached hydrogens (primary N) is 1. The van der Waals surface area contributed by atoms with Crippen LogP contribution >= 0.6 is 35.4 Å². The van der Waals surface area contributed by atoms with E-state index in [4.69, 9.17) is 40.6 Å². The van der Waals surface area contributed by atoms with Crippen molar-refractivity contribution in [3.63, 3.8) is 0 Å². The topological polar surface area (TPSA) is 84.2 Å². The van der Waals surface area contributed by atoms with Gasteiger partial charge in [0.2, 0.25) is 10.0 Å². The van der Waals surface area contributed by atoms with E-state index in [0.29, 0.717) is 21.4 Å². The largest absolute Gasteiger partial charge is 0.332 e. The van der Waals surface area contributed by atoms with Crippen LogP contribution in [-0.4, -0.2) is 13.5 Å². The zero-order valence-corrected chi connectivity index (χ0v) is 14.2. The summed E-state index contributed by atoms with van der Waals surface area (Å²) in [6.07, 6.45) is 0. The molecule has 9 heteroatoms. The van der Waals surface area contributed by atoms with E-state index in [9.17, 15) is 8.42 Å². The maximum atomic E-state index is 11.3. The molecule has 0 bridgehead atoms. The fourth-order valence-corrected chi connectivity index (χ4v) is 2.71. The zero-order valence-electron chi connectivity index (χ0n) is 11.0. The van der Waals surface area contributed by atoms with Gasteiger partial charge in [-0.15, -0.1) is 0 Å². The molecule has 22 heavy (non-hydrogen) atoms. The Morgan fingerprint density at radius 1 is 1.00 bits per heavy atom. The van der Waals surface area contributed by atoms with Gasteiger partial charge in [0.25, 0.3) is 0 Å². The molecule has 2 rings (SSSR count).